The first-order valence-electron chi connectivity index (χ1n) is 6.14. The third-order valence-corrected chi connectivity index (χ3v) is 3.19. The summed E-state index contributed by atoms with van der Waals surface area (Å²) in [4.78, 5) is 12.2. The Morgan fingerprint density at radius 3 is 2.79 bits per heavy atom. The maximum atomic E-state index is 12.2. The Bertz CT molecular complexity index is 552. The molecule has 0 fully saturated rings. The molecule has 5 heteroatoms. The van der Waals surface area contributed by atoms with Crippen LogP contribution in [0.5, 0.6) is 5.75 Å². The van der Waals surface area contributed by atoms with E-state index in [0.29, 0.717) is 15.9 Å². The molecule has 0 atom stereocenters. The fourth-order valence-corrected chi connectivity index (χ4v) is 2.27. The van der Waals surface area contributed by atoms with Crippen LogP contribution in [0.15, 0.2) is 41.0 Å². The van der Waals surface area contributed by atoms with Crippen molar-refractivity contribution in [1.29, 1.82) is 0 Å². The summed E-state index contributed by atoms with van der Waals surface area (Å²) in [6.07, 6.45) is 2.57. The molecule has 0 aliphatic carbocycles. The van der Waals surface area contributed by atoms with E-state index < -0.39 is 0 Å². The highest BCUT2D eigenvalue weighted by Crippen LogP contribution is 2.18. The van der Waals surface area contributed by atoms with E-state index in [2.05, 4.69) is 21.0 Å². The van der Waals surface area contributed by atoms with Crippen molar-refractivity contribution in [3.05, 3.63) is 46.7 Å². The molecule has 100 valence electrons. The number of aryl methyl sites for hydroxylation is 1. The van der Waals surface area contributed by atoms with Crippen LogP contribution in [0.4, 0.5) is 0 Å². The van der Waals surface area contributed by atoms with Gasteiger partial charge in [-0.05, 0) is 34.5 Å². The zero-order chi connectivity index (χ0) is 13.7. The number of hydrogen-bond donors (Lipinski definition) is 0. The molecule has 4 nitrogen and oxygen atoms in total. The number of Topliss-reactive ketones (excluding diaryl/α,β-unsaturated/α-hetero) is 1. The van der Waals surface area contributed by atoms with Gasteiger partial charge in [0.25, 0.3) is 0 Å². The van der Waals surface area contributed by atoms with Crippen molar-refractivity contribution in [3.63, 3.8) is 0 Å². The van der Waals surface area contributed by atoms with Gasteiger partial charge < -0.3 is 4.74 Å². The fraction of sp³-hybridized carbons (Fsp3) is 0.286. The number of aromatic nitrogens is 2. The SMILES string of the molecule is CCCn1ncc(Br)c1C(=O)COc1ccccc1. The van der Waals surface area contributed by atoms with Gasteiger partial charge in [-0.2, -0.15) is 5.10 Å². The fourth-order valence-electron chi connectivity index (χ4n) is 1.75. The van der Waals surface area contributed by atoms with E-state index in [-0.39, 0.29) is 12.4 Å². The first-order valence-corrected chi connectivity index (χ1v) is 6.94. The Morgan fingerprint density at radius 1 is 1.37 bits per heavy atom. The summed E-state index contributed by atoms with van der Waals surface area (Å²) in [5.74, 6) is 0.607. The first kappa shape index (κ1) is 13.8. The molecule has 0 radical (unpaired) electrons. The monoisotopic (exact) mass is 322 g/mol. The van der Waals surface area contributed by atoms with Crippen molar-refractivity contribution < 1.29 is 9.53 Å². The normalized spacial score (nSPS) is 10.4. The molecular formula is C14H15BrN2O2. The lowest BCUT2D eigenvalue weighted by molar-refractivity contribution is 0.0909. The Hall–Kier alpha value is -1.62. The second-order valence-electron chi connectivity index (χ2n) is 4.09. The predicted molar refractivity (Wildman–Crippen MR) is 76.5 cm³/mol. The number of carbonyl (C=O) groups is 1. The highest BCUT2D eigenvalue weighted by Gasteiger charge is 2.17. The number of ketones is 1. The van der Waals surface area contributed by atoms with E-state index in [0.717, 1.165) is 13.0 Å². The van der Waals surface area contributed by atoms with Gasteiger partial charge in [0, 0.05) is 6.54 Å². The van der Waals surface area contributed by atoms with Crippen LogP contribution in [0, 0.1) is 0 Å². The van der Waals surface area contributed by atoms with E-state index in [1.165, 1.54) is 0 Å². The Morgan fingerprint density at radius 2 is 2.11 bits per heavy atom. The second-order valence-corrected chi connectivity index (χ2v) is 4.94. The van der Waals surface area contributed by atoms with Crippen molar-refractivity contribution >= 4 is 21.7 Å². The van der Waals surface area contributed by atoms with Crippen LogP contribution in [0.2, 0.25) is 0 Å². The van der Waals surface area contributed by atoms with Gasteiger partial charge in [0.1, 0.15) is 11.4 Å². The number of benzene rings is 1. The minimum absolute atomic E-state index is 0.0119. The van der Waals surface area contributed by atoms with Crippen LogP contribution in [-0.2, 0) is 6.54 Å². The summed E-state index contributed by atoms with van der Waals surface area (Å²) in [6.45, 7) is 2.78. The van der Waals surface area contributed by atoms with Gasteiger partial charge in [0.2, 0.25) is 5.78 Å². The van der Waals surface area contributed by atoms with Crippen LogP contribution in [0.3, 0.4) is 0 Å². The van der Waals surface area contributed by atoms with Crippen LogP contribution in [-0.4, -0.2) is 22.2 Å². The number of halogens is 1. The molecule has 1 heterocycles. The molecule has 0 N–H and O–H groups in total. The highest BCUT2D eigenvalue weighted by atomic mass is 79.9. The van der Waals surface area contributed by atoms with E-state index in [4.69, 9.17) is 4.74 Å². The van der Waals surface area contributed by atoms with Crippen LogP contribution < -0.4 is 4.74 Å². The summed E-state index contributed by atoms with van der Waals surface area (Å²) in [6, 6.07) is 9.30. The lowest BCUT2D eigenvalue weighted by Crippen LogP contribution is -2.17. The number of carbonyl (C=O) groups excluding carboxylic acids is 1. The number of nitrogens with zero attached hydrogens (tertiary/aromatic N) is 2. The Kier molecular flexibility index (Phi) is 4.74. The molecule has 0 saturated heterocycles. The lowest BCUT2D eigenvalue weighted by atomic mass is 10.3. The molecule has 0 aliphatic rings. The minimum atomic E-state index is -0.0818. The minimum Gasteiger partial charge on any atom is -0.485 e. The van der Waals surface area contributed by atoms with E-state index in [1.54, 1.807) is 10.9 Å². The molecule has 0 unspecified atom stereocenters. The smallest absolute Gasteiger partial charge is 0.219 e. The number of hydrogen-bond acceptors (Lipinski definition) is 3. The van der Waals surface area contributed by atoms with Gasteiger partial charge in [-0.25, -0.2) is 0 Å². The zero-order valence-corrected chi connectivity index (χ0v) is 12.3. The maximum absolute atomic E-state index is 12.2. The highest BCUT2D eigenvalue weighted by molar-refractivity contribution is 9.10. The molecular weight excluding hydrogens is 308 g/mol. The molecule has 2 rings (SSSR count). The molecule has 2 aromatic rings. The third-order valence-electron chi connectivity index (χ3n) is 2.61. The number of ether oxygens (including phenoxy) is 1. The van der Waals surface area contributed by atoms with Crippen molar-refractivity contribution in [2.75, 3.05) is 6.61 Å². The van der Waals surface area contributed by atoms with E-state index in [1.807, 2.05) is 37.3 Å². The summed E-state index contributed by atoms with van der Waals surface area (Å²) in [7, 11) is 0. The Labute approximate surface area is 120 Å². The van der Waals surface area contributed by atoms with Crippen molar-refractivity contribution in [3.8, 4) is 5.75 Å². The molecule has 0 bridgehead atoms. The maximum Gasteiger partial charge on any atom is 0.219 e. The van der Waals surface area contributed by atoms with Gasteiger partial charge in [0.15, 0.2) is 6.61 Å². The lowest BCUT2D eigenvalue weighted by Gasteiger charge is -2.08. The average molecular weight is 323 g/mol. The van der Waals surface area contributed by atoms with Crippen LogP contribution in [0.1, 0.15) is 23.8 Å². The molecule has 1 aromatic heterocycles. The number of para-hydroxylation sites is 1. The molecule has 1 aromatic carbocycles. The second kappa shape index (κ2) is 6.52. The number of rotatable bonds is 6. The van der Waals surface area contributed by atoms with Crippen LogP contribution in [0.25, 0.3) is 0 Å². The molecule has 19 heavy (non-hydrogen) atoms. The zero-order valence-electron chi connectivity index (χ0n) is 10.7. The van der Waals surface area contributed by atoms with Gasteiger partial charge in [-0.1, -0.05) is 25.1 Å². The van der Waals surface area contributed by atoms with Crippen LogP contribution >= 0.6 is 15.9 Å². The van der Waals surface area contributed by atoms with Gasteiger partial charge in [-0.3, -0.25) is 9.48 Å². The van der Waals surface area contributed by atoms with Crippen molar-refractivity contribution in [1.82, 2.24) is 9.78 Å². The molecule has 0 amide bonds. The summed E-state index contributed by atoms with van der Waals surface area (Å²) in [5.41, 5.74) is 0.567. The van der Waals surface area contributed by atoms with Gasteiger partial charge in [-0.15, -0.1) is 0 Å². The molecule has 0 spiro atoms. The Balaban J connectivity index is 2.06. The van der Waals surface area contributed by atoms with Crippen molar-refractivity contribution in [2.24, 2.45) is 0 Å². The van der Waals surface area contributed by atoms with Crippen molar-refractivity contribution in [2.45, 2.75) is 19.9 Å². The standard InChI is InChI=1S/C14H15BrN2O2/c1-2-8-17-14(12(15)9-16-17)13(18)10-19-11-6-4-3-5-7-11/h3-7,9H,2,8,10H2,1H3. The average Bonchev–Trinajstić information content (AvgIpc) is 2.79. The summed E-state index contributed by atoms with van der Waals surface area (Å²) < 4.78 is 7.89. The molecule has 0 aliphatic heterocycles. The van der Waals surface area contributed by atoms with Gasteiger partial charge >= 0.3 is 0 Å². The summed E-state index contributed by atoms with van der Waals surface area (Å²) in [5, 5.41) is 4.17. The largest absolute Gasteiger partial charge is 0.485 e. The summed E-state index contributed by atoms with van der Waals surface area (Å²) >= 11 is 3.35. The van der Waals surface area contributed by atoms with Gasteiger partial charge in [0.05, 0.1) is 10.7 Å². The van der Waals surface area contributed by atoms with E-state index >= 15 is 0 Å². The van der Waals surface area contributed by atoms with E-state index in [9.17, 15) is 4.79 Å². The third kappa shape index (κ3) is 3.44. The quantitative estimate of drug-likeness (QED) is 0.766. The predicted octanol–water partition coefficient (Wildman–Crippen LogP) is 3.32. The topological polar surface area (TPSA) is 44.1 Å². The first-order chi connectivity index (χ1) is 9.22. The molecule has 0 saturated carbocycles.